The van der Waals surface area contributed by atoms with Crippen molar-refractivity contribution in [3.8, 4) is 11.8 Å². The van der Waals surface area contributed by atoms with Crippen LogP contribution in [-0.4, -0.2) is 24.5 Å². The lowest BCUT2D eigenvalue weighted by atomic mass is 10.1. The van der Waals surface area contributed by atoms with Gasteiger partial charge in [0.1, 0.15) is 40.9 Å². The van der Waals surface area contributed by atoms with E-state index in [2.05, 4.69) is 32.1 Å². The van der Waals surface area contributed by atoms with Crippen LogP contribution in [0.1, 0.15) is 57.2 Å². The average molecular weight is 544 g/mol. The number of nitrogens with one attached hydrogen (secondary N) is 1. The van der Waals surface area contributed by atoms with Crippen molar-refractivity contribution in [3.05, 3.63) is 98.9 Å². The molecule has 3 N–H and O–H groups in total. The van der Waals surface area contributed by atoms with Gasteiger partial charge in [-0.05, 0) is 63.5 Å². The summed E-state index contributed by atoms with van der Waals surface area (Å²) in [4.78, 5) is 31.1. The Morgan fingerprint density at radius 2 is 2.03 bits per heavy atom. The fourth-order valence-corrected chi connectivity index (χ4v) is 4.17. The maximum Gasteiger partial charge on any atom is 0.267 e. The van der Waals surface area contributed by atoms with Crippen molar-refractivity contribution in [2.24, 2.45) is 0 Å². The second kappa shape index (κ2) is 11.9. The van der Waals surface area contributed by atoms with Crippen molar-refractivity contribution in [2.45, 2.75) is 40.2 Å². The molecule has 39 heavy (non-hydrogen) atoms. The van der Waals surface area contributed by atoms with Gasteiger partial charge < -0.3 is 11.1 Å². The fourth-order valence-electron chi connectivity index (χ4n) is 3.92. The normalized spacial score (nSPS) is 12.7. The molecule has 3 heterocycles. The third kappa shape index (κ3) is 5.97. The van der Waals surface area contributed by atoms with E-state index in [9.17, 15) is 9.18 Å². The number of aromatic nitrogens is 5. The molecule has 0 aliphatic rings. The Morgan fingerprint density at radius 3 is 2.72 bits per heavy atom. The molecular formula is C29H27ClFN7O. The minimum Gasteiger partial charge on any atom is -0.382 e. The summed E-state index contributed by atoms with van der Waals surface area (Å²) in [7, 11) is 0. The van der Waals surface area contributed by atoms with Gasteiger partial charge in [-0.1, -0.05) is 42.2 Å². The topological polar surface area (TPSA) is 112 Å². The fraction of sp³-hybridized carbons (Fsp3) is 0.207. The smallest absolute Gasteiger partial charge is 0.267 e. The highest BCUT2D eigenvalue weighted by Gasteiger charge is 2.21. The van der Waals surface area contributed by atoms with Gasteiger partial charge in [0.05, 0.1) is 28.2 Å². The monoisotopic (exact) mass is 543 g/mol. The van der Waals surface area contributed by atoms with Crippen LogP contribution in [0.25, 0.3) is 16.6 Å². The van der Waals surface area contributed by atoms with Gasteiger partial charge in [-0.2, -0.15) is 0 Å². The van der Waals surface area contributed by atoms with Gasteiger partial charge in [-0.15, -0.1) is 0 Å². The Bertz CT molecular complexity index is 1720. The first-order valence-corrected chi connectivity index (χ1v) is 12.7. The average Bonchev–Trinajstić information content (AvgIpc) is 2.92. The molecule has 0 aliphatic heterocycles. The number of fused-ring (bicyclic) bond motifs is 1. The number of rotatable bonds is 6. The van der Waals surface area contributed by atoms with Crippen LogP contribution in [0.15, 0.2) is 65.4 Å². The summed E-state index contributed by atoms with van der Waals surface area (Å²) in [6, 6.07) is 7.41. The molecule has 198 valence electrons. The van der Waals surface area contributed by atoms with E-state index in [4.69, 9.17) is 22.3 Å². The lowest BCUT2D eigenvalue weighted by Crippen LogP contribution is -2.28. The summed E-state index contributed by atoms with van der Waals surface area (Å²) in [6.07, 6.45) is 6.90. The highest BCUT2D eigenvalue weighted by molar-refractivity contribution is 6.35. The molecule has 1 unspecified atom stereocenters. The molecule has 0 radical (unpaired) electrons. The SMILES string of the molecule is C/C=C(C)\C=C(/CC)n1c(C(C)Nc2ncnc(N)c2C#Cc2ccc(F)cn2)nc2cccc(Cl)c2c1=O. The van der Waals surface area contributed by atoms with Gasteiger partial charge >= 0.3 is 0 Å². The molecule has 4 rings (SSSR count). The number of halogens is 2. The molecule has 8 nitrogen and oxygen atoms in total. The van der Waals surface area contributed by atoms with Gasteiger partial charge in [0.2, 0.25) is 0 Å². The molecule has 1 aromatic carbocycles. The molecule has 3 aromatic heterocycles. The molecule has 1 atom stereocenters. The predicted octanol–water partition coefficient (Wildman–Crippen LogP) is 5.75. The van der Waals surface area contributed by atoms with Gasteiger partial charge in [-0.3, -0.25) is 9.36 Å². The lowest BCUT2D eigenvalue weighted by molar-refractivity contribution is 0.621. The molecule has 0 amide bonds. The van der Waals surface area contributed by atoms with Crippen LogP contribution in [0.2, 0.25) is 5.02 Å². The number of pyridine rings is 1. The number of nitrogen functional groups attached to an aromatic ring is 1. The molecular weight excluding hydrogens is 517 g/mol. The second-order valence-corrected chi connectivity index (χ2v) is 9.13. The first kappa shape index (κ1) is 27.5. The first-order chi connectivity index (χ1) is 18.7. The van der Waals surface area contributed by atoms with Crippen molar-refractivity contribution >= 4 is 39.8 Å². The minimum atomic E-state index is -0.513. The maximum absolute atomic E-state index is 13.9. The van der Waals surface area contributed by atoms with Crippen LogP contribution in [0.3, 0.4) is 0 Å². The Balaban J connectivity index is 1.85. The van der Waals surface area contributed by atoms with Crippen LogP contribution in [-0.2, 0) is 0 Å². The number of hydrogen-bond acceptors (Lipinski definition) is 7. The summed E-state index contributed by atoms with van der Waals surface area (Å²) in [5.41, 5.74) is 8.81. The van der Waals surface area contributed by atoms with E-state index in [0.717, 1.165) is 17.5 Å². The predicted molar refractivity (Wildman–Crippen MR) is 154 cm³/mol. The number of allylic oxidation sites excluding steroid dienone is 4. The lowest BCUT2D eigenvalue weighted by Gasteiger charge is -2.22. The zero-order valence-electron chi connectivity index (χ0n) is 22.0. The van der Waals surface area contributed by atoms with E-state index in [1.54, 1.807) is 22.8 Å². The number of nitrogens with two attached hydrogens (primary N) is 1. The van der Waals surface area contributed by atoms with E-state index in [0.29, 0.717) is 45.2 Å². The minimum absolute atomic E-state index is 0.155. The molecule has 4 aromatic rings. The van der Waals surface area contributed by atoms with Crippen molar-refractivity contribution < 1.29 is 4.39 Å². The molecule has 10 heteroatoms. The zero-order valence-corrected chi connectivity index (χ0v) is 22.7. The second-order valence-electron chi connectivity index (χ2n) is 8.73. The first-order valence-electron chi connectivity index (χ1n) is 12.3. The van der Waals surface area contributed by atoms with E-state index < -0.39 is 11.9 Å². The van der Waals surface area contributed by atoms with E-state index in [1.807, 2.05) is 39.8 Å². The summed E-state index contributed by atoms with van der Waals surface area (Å²) >= 11 is 6.44. The molecule has 0 fully saturated rings. The molecule has 0 saturated carbocycles. The van der Waals surface area contributed by atoms with Gasteiger partial charge in [0, 0.05) is 5.70 Å². The highest BCUT2D eigenvalue weighted by atomic mass is 35.5. The summed E-state index contributed by atoms with van der Waals surface area (Å²) in [6.45, 7) is 7.74. The van der Waals surface area contributed by atoms with Crippen molar-refractivity contribution in [3.63, 3.8) is 0 Å². The molecule has 0 spiro atoms. The third-order valence-corrected chi connectivity index (χ3v) is 6.35. The quantitative estimate of drug-likeness (QED) is 0.235. The Hall–Kier alpha value is -4.55. The van der Waals surface area contributed by atoms with Crippen LogP contribution < -0.4 is 16.6 Å². The van der Waals surface area contributed by atoms with Gasteiger partial charge in [0.15, 0.2) is 0 Å². The number of nitrogens with zero attached hydrogens (tertiary/aromatic N) is 5. The maximum atomic E-state index is 13.9. The summed E-state index contributed by atoms with van der Waals surface area (Å²) in [5.74, 6) is 6.30. The van der Waals surface area contributed by atoms with Crippen LogP contribution in [0.5, 0.6) is 0 Å². The van der Waals surface area contributed by atoms with Gasteiger partial charge in [-0.25, -0.2) is 24.3 Å². The molecule has 0 aliphatic carbocycles. The number of benzene rings is 1. The standard InChI is InChI=1S/C29H27ClFN7O/c1-5-17(3)14-21(6-2)38-28(37-24-9-7-8-23(30)25(24)29(38)39)18(4)36-27-22(26(32)34-16-35-27)13-12-20-11-10-19(31)15-33-20/h5,7-11,14-16,18H,6H2,1-4H3,(H3,32,34,35,36)/b17-5-,21-14+. The van der Waals surface area contributed by atoms with Crippen molar-refractivity contribution in [1.82, 2.24) is 24.5 Å². The van der Waals surface area contributed by atoms with Crippen LogP contribution in [0, 0.1) is 17.7 Å². The van der Waals surface area contributed by atoms with E-state index in [1.165, 1.54) is 18.5 Å². The van der Waals surface area contributed by atoms with E-state index >= 15 is 0 Å². The Morgan fingerprint density at radius 1 is 1.23 bits per heavy atom. The third-order valence-electron chi connectivity index (χ3n) is 6.03. The van der Waals surface area contributed by atoms with Crippen molar-refractivity contribution in [1.29, 1.82) is 0 Å². The summed E-state index contributed by atoms with van der Waals surface area (Å²) in [5, 5.41) is 3.97. The number of hydrogen-bond donors (Lipinski definition) is 2. The van der Waals surface area contributed by atoms with Crippen LogP contribution in [0.4, 0.5) is 16.0 Å². The van der Waals surface area contributed by atoms with E-state index in [-0.39, 0.29) is 11.4 Å². The van der Waals surface area contributed by atoms with Crippen molar-refractivity contribution in [2.75, 3.05) is 11.1 Å². The Labute approximate surface area is 230 Å². The largest absolute Gasteiger partial charge is 0.382 e. The zero-order chi connectivity index (χ0) is 28.1. The summed E-state index contributed by atoms with van der Waals surface area (Å²) < 4.78 is 14.8. The van der Waals surface area contributed by atoms with Crippen LogP contribution >= 0.6 is 11.6 Å². The number of anilines is 2. The molecule has 0 bridgehead atoms. The Kier molecular flexibility index (Phi) is 8.37. The van der Waals surface area contributed by atoms with Gasteiger partial charge in [0.25, 0.3) is 5.56 Å². The molecule has 0 saturated heterocycles. The highest BCUT2D eigenvalue weighted by Crippen LogP contribution is 2.27.